The van der Waals surface area contributed by atoms with Crippen molar-refractivity contribution in [1.29, 1.82) is 0 Å². The Morgan fingerprint density at radius 1 is 1.08 bits per heavy atom. The number of nitrogens with zero attached hydrogens (tertiary/aromatic N) is 1. The van der Waals surface area contributed by atoms with Gasteiger partial charge in [-0.1, -0.05) is 18.2 Å². The van der Waals surface area contributed by atoms with Gasteiger partial charge in [0.05, 0.1) is 20.8 Å². The van der Waals surface area contributed by atoms with Gasteiger partial charge in [-0.05, 0) is 60.4 Å². The van der Waals surface area contributed by atoms with Crippen molar-refractivity contribution in [3.8, 4) is 34.1 Å². The fourth-order valence-electron chi connectivity index (χ4n) is 4.15. The van der Waals surface area contributed by atoms with E-state index < -0.39 is 18.1 Å². The van der Waals surface area contributed by atoms with Gasteiger partial charge < -0.3 is 29.2 Å². The van der Waals surface area contributed by atoms with Crippen LogP contribution in [0.5, 0.6) is 23.0 Å². The molecule has 0 saturated heterocycles. The Balaban J connectivity index is 1.61. The number of hydrogen-bond acceptors (Lipinski definition) is 8. The Labute approximate surface area is 221 Å². The van der Waals surface area contributed by atoms with Crippen molar-refractivity contribution >= 4 is 18.1 Å². The van der Waals surface area contributed by atoms with Gasteiger partial charge in [0.2, 0.25) is 0 Å². The Hall–Kier alpha value is -4.08. The van der Waals surface area contributed by atoms with Gasteiger partial charge in [-0.25, -0.2) is 0 Å². The molecule has 1 unspecified atom stereocenters. The maximum atomic E-state index is 11.6. The van der Waals surface area contributed by atoms with Gasteiger partial charge in [0.25, 0.3) is 0 Å². The fourth-order valence-corrected chi connectivity index (χ4v) is 4.15. The third-order valence-electron chi connectivity index (χ3n) is 6.64. The zero-order valence-corrected chi connectivity index (χ0v) is 21.9. The van der Waals surface area contributed by atoms with Crippen molar-refractivity contribution in [2.75, 3.05) is 34.0 Å². The van der Waals surface area contributed by atoms with Gasteiger partial charge in [0, 0.05) is 30.1 Å². The zero-order chi connectivity index (χ0) is 27.3. The van der Waals surface area contributed by atoms with E-state index in [0.717, 1.165) is 39.3 Å². The standard InChI is InChI=1S/C29H32N2O7/c1-18-21(14-30-15-22(18)20-7-8-24-27(13-20)38-10-9-37-24)6-5-19-11-25(35-3)23(26(12-19)36-4)16-31-29(2,17-32)28(33)34/h5-8,11-15,31-32H,9-10,16-17H2,1-4H3,(H,33,34)/b6-5+. The molecule has 4 rings (SSSR count). The first kappa shape index (κ1) is 27.0. The predicted octanol–water partition coefficient (Wildman–Crippen LogP) is 3.94. The summed E-state index contributed by atoms with van der Waals surface area (Å²) < 4.78 is 22.6. The van der Waals surface area contributed by atoms with E-state index in [0.29, 0.717) is 30.3 Å². The number of nitrogens with one attached hydrogen (secondary N) is 1. The van der Waals surface area contributed by atoms with Crippen molar-refractivity contribution in [3.05, 3.63) is 65.0 Å². The number of aliphatic hydroxyl groups excluding tert-OH is 1. The van der Waals surface area contributed by atoms with Gasteiger partial charge in [0.1, 0.15) is 30.3 Å². The number of ether oxygens (including phenoxy) is 4. The third kappa shape index (κ3) is 5.58. The highest BCUT2D eigenvalue weighted by atomic mass is 16.6. The lowest BCUT2D eigenvalue weighted by molar-refractivity contribution is -0.145. The number of fused-ring (bicyclic) bond motifs is 1. The summed E-state index contributed by atoms with van der Waals surface area (Å²) >= 11 is 0. The van der Waals surface area contributed by atoms with Crippen LogP contribution in [0.3, 0.4) is 0 Å². The van der Waals surface area contributed by atoms with Crippen LogP contribution in [0.4, 0.5) is 0 Å². The lowest BCUT2D eigenvalue weighted by atomic mass is 9.98. The molecule has 9 nitrogen and oxygen atoms in total. The number of aliphatic hydroxyl groups is 1. The highest BCUT2D eigenvalue weighted by Gasteiger charge is 2.32. The third-order valence-corrected chi connectivity index (χ3v) is 6.64. The molecule has 1 aliphatic heterocycles. The molecule has 3 aromatic rings. The van der Waals surface area contributed by atoms with Gasteiger partial charge in [-0.2, -0.15) is 0 Å². The number of aromatic nitrogens is 1. The Morgan fingerprint density at radius 2 is 1.76 bits per heavy atom. The first-order chi connectivity index (χ1) is 18.3. The molecule has 2 heterocycles. The smallest absolute Gasteiger partial charge is 0.326 e. The summed E-state index contributed by atoms with van der Waals surface area (Å²) in [5.41, 5.74) is 3.96. The summed E-state index contributed by atoms with van der Waals surface area (Å²) in [7, 11) is 3.08. The quantitative estimate of drug-likeness (QED) is 0.365. The summed E-state index contributed by atoms with van der Waals surface area (Å²) in [6.07, 6.45) is 7.56. The molecule has 0 bridgehead atoms. The van der Waals surface area contributed by atoms with Crippen LogP contribution in [0.1, 0.15) is 29.2 Å². The van der Waals surface area contributed by atoms with Crippen molar-refractivity contribution < 1.29 is 34.0 Å². The minimum absolute atomic E-state index is 0.125. The normalized spacial score (nSPS) is 14.2. The number of rotatable bonds is 10. The molecule has 3 N–H and O–H groups in total. The molecule has 0 spiro atoms. The van der Waals surface area contributed by atoms with E-state index >= 15 is 0 Å². The van der Waals surface area contributed by atoms with Crippen LogP contribution in [-0.2, 0) is 11.3 Å². The minimum Gasteiger partial charge on any atom is -0.496 e. The summed E-state index contributed by atoms with van der Waals surface area (Å²) in [6, 6.07) is 9.58. The van der Waals surface area contributed by atoms with Crippen molar-refractivity contribution in [3.63, 3.8) is 0 Å². The van der Waals surface area contributed by atoms with Crippen LogP contribution in [0.2, 0.25) is 0 Å². The van der Waals surface area contributed by atoms with E-state index in [4.69, 9.17) is 18.9 Å². The summed E-state index contributed by atoms with van der Waals surface area (Å²) in [5, 5.41) is 21.9. The number of methoxy groups -OCH3 is 2. The number of benzene rings is 2. The molecule has 9 heteroatoms. The number of pyridine rings is 1. The lowest BCUT2D eigenvalue weighted by Gasteiger charge is -2.25. The van der Waals surface area contributed by atoms with Crippen LogP contribution >= 0.6 is 0 Å². The van der Waals surface area contributed by atoms with Crippen LogP contribution in [0, 0.1) is 6.92 Å². The molecule has 2 aromatic carbocycles. The number of carboxylic acids is 1. The predicted molar refractivity (Wildman–Crippen MR) is 144 cm³/mol. The van der Waals surface area contributed by atoms with E-state index in [1.807, 2.05) is 61.8 Å². The Kier molecular flexibility index (Phi) is 8.19. The molecular weight excluding hydrogens is 488 g/mol. The van der Waals surface area contributed by atoms with E-state index in [-0.39, 0.29) is 6.54 Å². The molecule has 38 heavy (non-hydrogen) atoms. The molecule has 0 radical (unpaired) electrons. The second kappa shape index (κ2) is 11.5. The van der Waals surface area contributed by atoms with E-state index in [2.05, 4.69) is 10.3 Å². The summed E-state index contributed by atoms with van der Waals surface area (Å²) in [6.45, 7) is 4.10. The number of carboxylic acid groups (broad SMARTS) is 1. The SMILES string of the molecule is COc1cc(/C=C/c2cncc(-c3ccc4c(c3)OCCO4)c2C)cc(OC)c1CNC(C)(CO)C(=O)O. The summed E-state index contributed by atoms with van der Waals surface area (Å²) in [5.74, 6) is 1.38. The molecule has 0 amide bonds. The van der Waals surface area contributed by atoms with Crippen molar-refractivity contribution in [2.45, 2.75) is 25.9 Å². The molecule has 0 aliphatic carbocycles. The highest BCUT2D eigenvalue weighted by molar-refractivity contribution is 5.79. The molecule has 0 fully saturated rings. The largest absolute Gasteiger partial charge is 0.496 e. The number of carbonyl (C=O) groups is 1. The molecule has 1 aliphatic rings. The van der Waals surface area contributed by atoms with Crippen molar-refractivity contribution in [2.24, 2.45) is 0 Å². The second-order valence-electron chi connectivity index (χ2n) is 9.15. The topological polar surface area (TPSA) is 119 Å². The highest BCUT2D eigenvalue weighted by Crippen LogP contribution is 2.36. The van der Waals surface area contributed by atoms with Crippen LogP contribution in [-0.4, -0.2) is 60.7 Å². The molecular formula is C29H32N2O7. The first-order valence-corrected chi connectivity index (χ1v) is 12.2. The number of aliphatic carboxylic acids is 1. The van der Waals surface area contributed by atoms with Crippen LogP contribution < -0.4 is 24.3 Å². The van der Waals surface area contributed by atoms with E-state index in [1.54, 1.807) is 14.2 Å². The van der Waals surface area contributed by atoms with Crippen LogP contribution in [0.25, 0.3) is 23.3 Å². The summed E-state index contributed by atoms with van der Waals surface area (Å²) in [4.78, 5) is 16.0. The monoisotopic (exact) mass is 520 g/mol. The molecule has 1 atom stereocenters. The van der Waals surface area contributed by atoms with Gasteiger partial charge in [-0.3, -0.25) is 15.1 Å². The maximum absolute atomic E-state index is 11.6. The maximum Gasteiger partial charge on any atom is 0.326 e. The average Bonchev–Trinajstić information content (AvgIpc) is 2.94. The van der Waals surface area contributed by atoms with Gasteiger partial charge in [0.15, 0.2) is 11.5 Å². The fraction of sp³-hybridized carbons (Fsp3) is 0.310. The lowest BCUT2D eigenvalue weighted by Crippen LogP contribution is -2.52. The average molecular weight is 521 g/mol. The van der Waals surface area contributed by atoms with E-state index in [9.17, 15) is 15.0 Å². The zero-order valence-electron chi connectivity index (χ0n) is 21.9. The molecule has 0 saturated carbocycles. The van der Waals surface area contributed by atoms with Crippen LogP contribution in [0.15, 0.2) is 42.7 Å². The van der Waals surface area contributed by atoms with E-state index in [1.165, 1.54) is 6.92 Å². The molecule has 200 valence electrons. The number of hydrogen-bond donors (Lipinski definition) is 3. The second-order valence-corrected chi connectivity index (χ2v) is 9.15. The Bertz CT molecular complexity index is 1330. The van der Waals surface area contributed by atoms with Gasteiger partial charge >= 0.3 is 5.97 Å². The minimum atomic E-state index is -1.50. The first-order valence-electron chi connectivity index (χ1n) is 12.2. The van der Waals surface area contributed by atoms with Crippen molar-refractivity contribution in [1.82, 2.24) is 10.3 Å². The Morgan fingerprint density at radius 3 is 2.39 bits per heavy atom. The molecule has 1 aromatic heterocycles. The van der Waals surface area contributed by atoms with Gasteiger partial charge in [-0.15, -0.1) is 0 Å².